The summed E-state index contributed by atoms with van der Waals surface area (Å²) in [5.41, 5.74) is 1.01. The minimum absolute atomic E-state index is 0.0309. The van der Waals surface area contributed by atoms with Crippen molar-refractivity contribution in [3.05, 3.63) is 108 Å². The Morgan fingerprint density at radius 1 is 0.852 bits per heavy atom. The van der Waals surface area contributed by atoms with Gasteiger partial charge in [-0.1, -0.05) is 60.7 Å². The van der Waals surface area contributed by atoms with Crippen LogP contribution in [0.1, 0.15) is 15.9 Å². The predicted octanol–water partition coefficient (Wildman–Crippen LogP) is 5.22. The molecule has 0 fully saturated rings. The number of hydrogen-bond acceptors (Lipinski definition) is 2. The summed E-state index contributed by atoms with van der Waals surface area (Å²) in [6, 6.07) is 25.3. The molecule has 3 nitrogen and oxygen atoms in total. The minimum Gasteiger partial charge on any atom is -0.288 e. The van der Waals surface area contributed by atoms with E-state index in [9.17, 15) is 9.18 Å². The summed E-state index contributed by atoms with van der Waals surface area (Å²) in [6.07, 6.45) is 1.63. The van der Waals surface area contributed by atoms with Crippen LogP contribution >= 0.6 is 0 Å². The summed E-state index contributed by atoms with van der Waals surface area (Å²) in [4.78, 5) is 19.0. The average Bonchev–Trinajstić information content (AvgIpc) is 2.72. The standard InChI is InChI=1S/C23H17FN2O/c24-21-13-4-3-12-20(21)23(27)26(22-14-5-6-15-25-22)16-18-10-7-9-17-8-1-2-11-19(17)18/h1-15H,16H2. The molecule has 3 aromatic carbocycles. The average molecular weight is 356 g/mol. The highest BCUT2D eigenvalue weighted by Crippen LogP contribution is 2.24. The summed E-state index contributed by atoms with van der Waals surface area (Å²) >= 11 is 0. The molecule has 0 aliphatic rings. The number of carbonyl (C=O) groups is 1. The number of amides is 1. The summed E-state index contributed by atoms with van der Waals surface area (Å²) in [7, 11) is 0. The fraction of sp³-hybridized carbons (Fsp3) is 0.0435. The van der Waals surface area contributed by atoms with Crippen LogP contribution in [0, 0.1) is 5.82 Å². The molecule has 0 spiro atoms. The Morgan fingerprint density at radius 3 is 2.41 bits per heavy atom. The third kappa shape index (κ3) is 3.42. The molecule has 0 atom stereocenters. The molecule has 0 saturated carbocycles. The number of fused-ring (bicyclic) bond motifs is 1. The zero-order chi connectivity index (χ0) is 18.6. The Kier molecular flexibility index (Phi) is 4.62. The van der Waals surface area contributed by atoms with Crippen molar-refractivity contribution >= 4 is 22.5 Å². The minimum atomic E-state index is -0.540. The van der Waals surface area contributed by atoms with Crippen LogP contribution in [-0.2, 0) is 6.54 Å². The molecule has 4 aromatic rings. The summed E-state index contributed by atoms with van der Waals surface area (Å²) < 4.78 is 14.2. The highest BCUT2D eigenvalue weighted by molar-refractivity contribution is 6.06. The maximum absolute atomic E-state index is 14.2. The van der Waals surface area contributed by atoms with Gasteiger partial charge in [-0.25, -0.2) is 9.37 Å². The second kappa shape index (κ2) is 7.38. The number of rotatable bonds is 4. The van der Waals surface area contributed by atoms with Gasteiger partial charge in [-0.2, -0.15) is 0 Å². The van der Waals surface area contributed by atoms with E-state index in [0.717, 1.165) is 16.3 Å². The Hall–Kier alpha value is -3.53. The van der Waals surface area contributed by atoms with Crippen molar-refractivity contribution in [1.29, 1.82) is 0 Å². The van der Waals surface area contributed by atoms with E-state index in [-0.39, 0.29) is 5.56 Å². The first kappa shape index (κ1) is 16.9. The van der Waals surface area contributed by atoms with E-state index in [0.29, 0.717) is 12.4 Å². The molecule has 0 N–H and O–H groups in total. The van der Waals surface area contributed by atoms with Crippen LogP contribution < -0.4 is 4.90 Å². The third-order valence-electron chi connectivity index (χ3n) is 4.48. The Balaban J connectivity index is 1.79. The van der Waals surface area contributed by atoms with E-state index in [1.165, 1.54) is 17.0 Å². The van der Waals surface area contributed by atoms with Gasteiger partial charge in [0.25, 0.3) is 5.91 Å². The van der Waals surface area contributed by atoms with E-state index in [1.54, 1.807) is 30.5 Å². The molecule has 0 saturated heterocycles. The quantitative estimate of drug-likeness (QED) is 0.502. The number of halogens is 1. The number of anilines is 1. The highest BCUT2D eigenvalue weighted by atomic mass is 19.1. The van der Waals surface area contributed by atoms with Gasteiger partial charge in [0, 0.05) is 6.20 Å². The normalized spacial score (nSPS) is 10.7. The first-order valence-corrected chi connectivity index (χ1v) is 8.68. The number of benzene rings is 3. The smallest absolute Gasteiger partial charge is 0.262 e. The molecule has 0 radical (unpaired) electrons. The van der Waals surface area contributed by atoms with Crippen LogP contribution in [0.3, 0.4) is 0 Å². The topological polar surface area (TPSA) is 33.2 Å². The first-order valence-electron chi connectivity index (χ1n) is 8.68. The van der Waals surface area contributed by atoms with Gasteiger partial charge in [0.15, 0.2) is 0 Å². The van der Waals surface area contributed by atoms with E-state index in [2.05, 4.69) is 4.98 Å². The number of pyridine rings is 1. The number of aromatic nitrogens is 1. The molecular formula is C23H17FN2O. The molecule has 1 amide bonds. The molecule has 1 aromatic heterocycles. The Bertz CT molecular complexity index is 1090. The molecular weight excluding hydrogens is 339 g/mol. The fourth-order valence-corrected chi connectivity index (χ4v) is 3.15. The number of nitrogens with zero attached hydrogens (tertiary/aromatic N) is 2. The Morgan fingerprint density at radius 2 is 1.59 bits per heavy atom. The molecule has 1 heterocycles. The molecule has 0 aliphatic heterocycles. The zero-order valence-corrected chi connectivity index (χ0v) is 14.5. The lowest BCUT2D eigenvalue weighted by Crippen LogP contribution is -2.31. The maximum Gasteiger partial charge on any atom is 0.262 e. The fourth-order valence-electron chi connectivity index (χ4n) is 3.15. The van der Waals surface area contributed by atoms with Gasteiger partial charge in [0.2, 0.25) is 0 Å². The highest BCUT2D eigenvalue weighted by Gasteiger charge is 2.22. The van der Waals surface area contributed by atoms with Gasteiger partial charge >= 0.3 is 0 Å². The van der Waals surface area contributed by atoms with Crippen molar-refractivity contribution < 1.29 is 9.18 Å². The predicted molar refractivity (Wildman–Crippen MR) is 105 cm³/mol. The van der Waals surface area contributed by atoms with E-state index < -0.39 is 11.7 Å². The lowest BCUT2D eigenvalue weighted by Gasteiger charge is -2.23. The molecule has 0 aliphatic carbocycles. The van der Waals surface area contributed by atoms with Crippen LogP contribution in [0.25, 0.3) is 10.8 Å². The van der Waals surface area contributed by atoms with Crippen molar-refractivity contribution in [3.63, 3.8) is 0 Å². The summed E-state index contributed by atoms with van der Waals surface area (Å²) in [5, 5.41) is 2.15. The lowest BCUT2D eigenvalue weighted by atomic mass is 10.0. The number of hydrogen-bond donors (Lipinski definition) is 0. The summed E-state index contributed by atoms with van der Waals surface area (Å²) in [6.45, 7) is 0.297. The lowest BCUT2D eigenvalue weighted by molar-refractivity contribution is 0.0980. The molecule has 0 unspecified atom stereocenters. The monoisotopic (exact) mass is 356 g/mol. The van der Waals surface area contributed by atoms with Crippen LogP contribution in [-0.4, -0.2) is 10.9 Å². The maximum atomic E-state index is 14.2. The van der Waals surface area contributed by atoms with Crippen LogP contribution in [0.15, 0.2) is 91.1 Å². The molecule has 4 heteroatoms. The van der Waals surface area contributed by atoms with Crippen molar-refractivity contribution in [2.75, 3.05) is 4.90 Å². The largest absolute Gasteiger partial charge is 0.288 e. The number of carbonyl (C=O) groups excluding carboxylic acids is 1. The van der Waals surface area contributed by atoms with Gasteiger partial charge in [0.05, 0.1) is 12.1 Å². The Labute approximate surface area is 156 Å². The van der Waals surface area contributed by atoms with Gasteiger partial charge in [-0.15, -0.1) is 0 Å². The van der Waals surface area contributed by atoms with Crippen molar-refractivity contribution in [2.45, 2.75) is 6.54 Å². The molecule has 4 rings (SSSR count). The van der Waals surface area contributed by atoms with Gasteiger partial charge in [-0.3, -0.25) is 9.69 Å². The van der Waals surface area contributed by atoms with Gasteiger partial charge < -0.3 is 0 Å². The van der Waals surface area contributed by atoms with Crippen LogP contribution in [0.5, 0.6) is 0 Å². The van der Waals surface area contributed by atoms with E-state index in [4.69, 9.17) is 0 Å². The van der Waals surface area contributed by atoms with Gasteiger partial charge in [-0.05, 0) is 40.6 Å². The molecule has 0 bridgehead atoms. The van der Waals surface area contributed by atoms with Crippen LogP contribution in [0.2, 0.25) is 0 Å². The van der Waals surface area contributed by atoms with E-state index >= 15 is 0 Å². The van der Waals surface area contributed by atoms with Crippen molar-refractivity contribution in [3.8, 4) is 0 Å². The van der Waals surface area contributed by atoms with Gasteiger partial charge in [0.1, 0.15) is 11.6 Å². The van der Waals surface area contributed by atoms with Crippen molar-refractivity contribution in [1.82, 2.24) is 4.98 Å². The van der Waals surface area contributed by atoms with Crippen LogP contribution in [0.4, 0.5) is 10.2 Å². The molecule has 27 heavy (non-hydrogen) atoms. The summed E-state index contributed by atoms with van der Waals surface area (Å²) in [5.74, 6) is -0.472. The molecule has 132 valence electrons. The SMILES string of the molecule is O=C(c1ccccc1F)N(Cc1cccc2ccccc12)c1ccccn1. The second-order valence-electron chi connectivity index (χ2n) is 6.20. The first-order chi connectivity index (χ1) is 13.2. The van der Waals surface area contributed by atoms with Crippen molar-refractivity contribution in [2.24, 2.45) is 0 Å². The second-order valence-corrected chi connectivity index (χ2v) is 6.20. The zero-order valence-electron chi connectivity index (χ0n) is 14.5. The third-order valence-corrected chi connectivity index (χ3v) is 4.48. The van der Waals surface area contributed by atoms with E-state index in [1.807, 2.05) is 48.5 Å².